The molecule has 1 fully saturated rings. The van der Waals surface area contributed by atoms with Gasteiger partial charge in [0.25, 0.3) is 5.91 Å². The van der Waals surface area contributed by atoms with Crippen molar-refractivity contribution in [3.63, 3.8) is 0 Å². The van der Waals surface area contributed by atoms with Crippen LogP contribution < -0.4 is 4.90 Å². The summed E-state index contributed by atoms with van der Waals surface area (Å²) in [6, 6.07) is 14.9. The Morgan fingerprint density at radius 1 is 1.09 bits per heavy atom. The van der Waals surface area contributed by atoms with Gasteiger partial charge in [0.1, 0.15) is 12.2 Å². The summed E-state index contributed by atoms with van der Waals surface area (Å²) in [5.74, 6) is -0.148. The molecule has 0 spiro atoms. The quantitative estimate of drug-likeness (QED) is 0.377. The molecule has 1 aliphatic rings. The van der Waals surface area contributed by atoms with Gasteiger partial charge in [-0.2, -0.15) is 0 Å². The lowest BCUT2D eigenvalue weighted by molar-refractivity contribution is -0.131. The van der Waals surface area contributed by atoms with Crippen LogP contribution >= 0.6 is 23.8 Å². The number of anilines is 1. The van der Waals surface area contributed by atoms with Crippen LogP contribution in [0.5, 0.6) is 0 Å². The molecule has 1 saturated heterocycles. The second-order valence-electron chi connectivity index (χ2n) is 7.78. The normalized spacial score (nSPS) is 15.2. The second kappa shape index (κ2) is 9.37. The molecule has 0 radical (unpaired) electrons. The van der Waals surface area contributed by atoms with Crippen molar-refractivity contribution in [1.29, 1.82) is 0 Å². The highest BCUT2D eigenvalue weighted by atomic mass is 35.5. The molecule has 6 nitrogen and oxygen atoms in total. The first-order valence-corrected chi connectivity index (χ1v) is 11.6. The molecule has 8 heteroatoms. The fourth-order valence-corrected chi connectivity index (χ4v) is 4.48. The summed E-state index contributed by atoms with van der Waals surface area (Å²) in [6.45, 7) is 5.53. The minimum absolute atomic E-state index is 0.0594. The predicted octanol–water partition coefficient (Wildman–Crippen LogP) is 4.77. The van der Waals surface area contributed by atoms with Crippen molar-refractivity contribution in [1.82, 2.24) is 14.4 Å². The number of hydrogen-bond acceptors (Lipinski definition) is 3. The van der Waals surface area contributed by atoms with Crippen molar-refractivity contribution in [2.24, 2.45) is 0 Å². The van der Waals surface area contributed by atoms with Crippen molar-refractivity contribution in [2.75, 3.05) is 25.0 Å². The van der Waals surface area contributed by atoms with Crippen LogP contribution in [0.3, 0.4) is 0 Å². The van der Waals surface area contributed by atoms with Gasteiger partial charge in [-0.05, 0) is 62.5 Å². The number of amides is 2. The highest BCUT2D eigenvalue weighted by molar-refractivity contribution is 7.80. The maximum Gasteiger partial charge on any atom is 0.281 e. The Morgan fingerprint density at radius 3 is 2.42 bits per heavy atom. The molecule has 4 rings (SSSR count). The van der Waals surface area contributed by atoms with Gasteiger partial charge in [-0.3, -0.25) is 14.5 Å². The topological polar surface area (TPSA) is 48.8 Å². The fraction of sp³-hybridized carbons (Fsp3) is 0.240. The smallest absolute Gasteiger partial charge is 0.281 e. The summed E-state index contributed by atoms with van der Waals surface area (Å²) < 4.78 is 1.94. The molecule has 2 aromatic carbocycles. The van der Waals surface area contributed by atoms with E-state index in [-0.39, 0.29) is 18.4 Å². The van der Waals surface area contributed by atoms with Crippen LogP contribution in [0.15, 0.2) is 60.4 Å². The van der Waals surface area contributed by atoms with Gasteiger partial charge in [-0.1, -0.05) is 29.8 Å². The van der Waals surface area contributed by atoms with Crippen molar-refractivity contribution in [2.45, 2.75) is 20.4 Å². The maximum absolute atomic E-state index is 13.3. The monoisotopic (exact) mass is 480 g/mol. The lowest BCUT2D eigenvalue weighted by atomic mass is 10.1. The van der Waals surface area contributed by atoms with Gasteiger partial charge < -0.3 is 14.4 Å². The van der Waals surface area contributed by atoms with E-state index in [0.717, 1.165) is 16.5 Å². The van der Waals surface area contributed by atoms with E-state index < -0.39 is 0 Å². The van der Waals surface area contributed by atoms with Gasteiger partial charge in [-0.25, -0.2) is 0 Å². The van der Waals surface area contributed by atoms with E-state index in [1.165, 1.54) is 4.90 Å². The molecular formula is C25H25ClN4O2S. The Balaban J connectivity index is 1.73. The minimum atomic E-state index is -0.208. The van der Waals surface area contributed by atoms with Gasteiger partial charge >= 0.3 is 0 Å². The van der Waals surface area contributed by atoms with Crippen LogP contribution in [0, 0.1) is 0 Å². The third-order valence-corrected chi connectivity index (χ3v) is 6.59. The predicted molar refractivity (Wildman–Crippen MR) is 137 cm³/mol. The first-order chi connectivity index (χ1) is 15.8. The van der Waals surface area contributed by atoms with Crippen molar-refractivity contribution in [3.8, 4) is 0 Å². The number of thiocarbonyl (C=S) groups is 1. The molecule has 1 aromatic heterocycles. The van der Waals surface area contributed by atoms with E-state index in [1.54, 1.807) is 36.2 Å². The lowest BCUT2D eigenvalue weighted by Gasteiger charge is -2.19. The summed E-state index contributed by atoms with van der Waals surface area (Å²) in [7, 11) is 1.78. The molecule has 0 N–H and O–H groups in total. The number of benzene rings is 2. The zero-order chi connectivity index (χ0) is 23.7. The average molecular weight is 481 g/mol. The number of carbonyl (C=O) groups excluding carboxylic acids is 2. The van der Waals surface area contributed by atoms with E-state index >= 15 is 0 Å². The molecule has 170 valence electrons. The number of carbonyl (C=O) groups is 2. The molecule has 33 heavy (non-hydrogen) atoms. The van der Waals surface area contributed by atoms with E-state index in [0.29, 0.717) is 34.6 Å². The van der Waals surface area contributed by atoms with Gasteiger partial charge in [0.2, 0.25) is 5.91 Å². The van der Waals surface area contributed by atoms with Gasteiger partial charge in [-0.15, -0.1) is 0 Å². The van der Waals surface area contributed by atoms with Crippen molar-refractivity contribution < 1.29 is 9.59 Å². The molecule has 0 bridgehead atoms. The number of rotatable bonds is 6. The van der Waals surface area contributed by atoms with Crippen LogP contribution in [0.2, 0.25) is 5.02 Å². The second-order valence-corrected chi connectivity index (χ2v) is 8.59. The Bertz CT molecular complexity index is 1260. The summed E-state index contributed by atoms with van der Waals surface area (Å²) in [5.41, 5.74) is 2.92. The van der Waals surface area contributed by atoms with Gasteiger partial charge in [0.15, 0.2) is 5.11 Å². The van der Waals surface area contributed by atoms with Crippen LogP contribution in [0.1, 0.15) is 19.4 Å². The van der Waals surface area contributed by atoms with Crippen molar-refractivity contribution in [3.05, 3.63) is 71.0 Å². The number of nitrogens with zero attached hydrogens (tertiary/aromatic N) is 4. The number of fused-ring (bicyclic) bond motifs is 1. The number of likely N-dealkylation sites (N-methyl/N-ethyl adjacent to an activating group) is 2. The van der Waals surface area contributed by atoms with Crippen LogP contribution in [-0.2, 0) is 16.1 Å². The number of halogens is 1. The van der Waals surface area contributed by atoms with E-state index in [9.17, 15) is 9.59 Å². The Hall–Kier alpha value is -3.16. The van der Waals surface area contributed by atoms with E-state index in [2.05, 4.69) is 0 Å². The molecule has 1 aliphatic heterocycles. The van der Waals surface area contributed by atoms with Gasteiger partial charge in [0, 0.05) is 47.8 Å². The average Bonchev–Trinajstić information content (AvgIpc) is 3.25. The van der Waals surface area contributed by atoms with Crippen LogP contribution in [-0.4, -0.2) is 51.4 Å². The van der Waals surface area contributed by atoms with Crippen molar-refractivity contribution >= 4 is 63.4 Å². The number of hydrogen-bond donors (Lipinski definition) is 0. The zero-order valence-electron chi connectivity index (χ0n) is 18.8. The highest BCUT2D eigenvalue weighted by Crippen LogP contribution is 2.31. The summed E-state index contributed by atoms with van der Waals surface area (Å²) in [6.07, 6.45) is 3.76. The molecule has 0 saturated carbocycles. The third kappa shape index (κ3) is 4.26. The summed E-state index contributed by atoms with van der Waals surface area (Å²) in [5, 5.41) is 1.95. The first-order valence-electron chi connectivity index (χ1n) is 10.8. The fourth-order valence-electron chi connectivity index (χ4n) is 4.06. The molecule has 2 heterocycles. The van der Waals surface area contributed by atoms with Crippen LogP contribution in [0.25, 0.3) is 17.0 Å². The Morgan fingerprint density at radius 2 is 1.76 bits per heavy atom. The molecule has 2 amide bonds. The van der Waals surface area contributed by atoms with Gasteiger partial charge in [0.05, 0.1) is 5.69 Å². The van der Waals surface area contributed by atoms with E-state index in [4.69, 9.17) is 23.8 Å². The highest BCUT2D eigenvalue weighted by Gasteiger charge is 2.37. The molecule has 3 aromatic rings. The standard InChI is InChI=1S/C25H25ClN4O2S/c1-4-28(5-2)23(31)16-29-15-17(20-8-6-7-9-21(20)29)14-22-24(32)30(25(33)27(22)3)19-12-10-18(26)11-13-19/h6-15H,4-5,16H2,1-3H3/b22-14-. The molecule has 0 aliphatic carbocycles. The molecule has 0 unspecified atom stereocenters. The number of aromatic nitrogens is 1. The van der Waals surface area contributed by atoms with Crippen LogP contribution in [0.4, 0.5) is 5.69 Å². The molecular weight excluding hydrogens is 456 g/mol. The Labute approximate surface area is 203 Å². The lowest BCUT2D eigenvalue weighted by Crippen LogP contribution is -2.33. The third-order valence-electron chi connectivity index (χ3n) is 5.88. The summed E-state index contributed by atoms with van der Waals surface area (Å²) >= 11 is 11.6. The SMILES string of the molecule is CCN(CC)C(=O)Cn1cc(/C=C2/C(=O)N(c3ccc(Cl)cc3)C(=S)N2C)c2ccccc21. The maximum atomic E-state index is 13.3. The minimum Gasteiger partial charge on any atom is -0.342 e. The zero-order valence-corrected chi connectivity index (χ0v) is 20.4. The largest absolute Gasteiger partial charge is 0.342 e. The molecule has 0 atom stereocenters. The number of para-hydroxylation sites is 1. The van der Waals surface area contributed by atoms with E-state index in [1.807, 2.05) is 59.9 Å². The summed E-state index contributed by atoms with van der Waals surface area (Å²) in [4.78, 5) is 31.1. The Kier molecular flexibility index (Phi) is 6.54. The first kappa shape index (κ1) is 23.0.